The summed E-state index contributed by atoms with van der Waals surface area (Å²) in [6.07, 6.45) is 0.889. The molecule has 1 amide bonds. The second-order valence-corrected chi connectivity index (χ2v) is 8.15. The Hall–Kier alpha value is -2.31. The summed E-state index contributed by atoms with van der Waals surface area (Å²) in [5, 5.41) is 8.86. The van der Waals surface area contributed by atoms with Crippen LogP contribution in [0.4, 0.5) is 0 Å². The molecule has 2 aromatic carbocycles. The molecule has 0 saturated carbocycles. The molecule has 4 rings (SSSR count). The van der Waals surface area contributed by atoms with E-state index >= 15 is 0 Å². The molecule has 0 radical (unpaired) electrons. The van der Waals surface area contributed by atoms with Crippen molar-refractivity contribution in [3.05, 3.63) is 64.7 Å². The molecule has 1 atom stereocenters. The minimum atomic E-state index is -0.297. The van der Waals surface area contributed by atoms with Gasteiger partial charge in [0.2, 0.25) is 11.8 Å². The van der Waals surface area contributed by atoms with Gasteiger partial charge in [-0.3, -0.25) is 4.79 Å². The molecule has 5 nitrogen and oxygen atoms in total. The van der Waals surface area contributed by atoms with Gasteiger partial charge in [0.15, 0.2) is 0 Å². The summed E-state index contributed by atoms with van der Waals surface area (Å²) >= 11 is 7.19. The molecule has 0 spiro atoms. The molecule has 3 aromatic rings. The molecule has 0 aliphatic carbocycles. The normalized spacial score (nSPS) is 14.7. The number of nitrogens with zero attached hydrogens (tertiary/aromatic N) is 3. The van der Waals surface area contributed by atoms with Gasteiger partial charge in [0, 0.05) is 23.7 Å². The number of rotatable bonds is 4. The van der Waals surface area contributed by atoms with E-state index in [-0.39, 0.29) is 11.2 Å². The number of amides is 1. The Bertz CT molecular complexity index is 958. The van der Waals surface area contributed by atoms with E-state index in [0.717, 1.165) is 18.5 Å². The summed E-state index contributed by atoms with van der Waals surface area (Å²) in [6.45, 7) is 3.26. The number of carbonyl (C=O) groups excluding carboxylic acids is 1. The smallest absolute Gasteiger partial charge is 0.277 e. The van der Waals surface area contributed by atoms with Crippen LogP contribution < -0.4 is 0 Å². The minimum Gasteiger partial charge on any atom is -0.411 e. The maximum atomic E-state index is 12.8. The molecule has 0 bridgehead atoms. The molecular formula is C20H18ClN3O2S. The van der Waals surface area contributed by atoms with Crippen LogP contribution in [-0.4, -0.2) is 32.8 Å². The van der Waals surface area contributed by atoms with Gasteiger partial charge < -0.3 is 9.32 Å². The first-order valence-corrected chi connectivity index (χ1v) is 9.97. The Morgan fingerprint density at radius 3 is 2.67 bits per heavy atom. The number of hydrogen-bond acceptors (Lipinski definition) is 5. The van der Waals surface area contributed by atoms with Crippen LogP contribution in [0.5, 0.6) is 0 Å². The van der Waals surface area contributed by atoms with E-state index in [2.05, 4.69) is 22.3 Å². The summed E-state index contributed by atoms with van der Waals surface area (Å²) in [7, 11) is 0. The molecule has 2 heterocycles. The number of benzene rings is 2. The van der Waals surface area contributed by atoms with E-state index in [4.69, 9.17) is 16.0 Å². The summed E-state index contributed by atoms with van der Waals surface area (Å²) in [5.41, 5.74) is 3.34. The van der Waals surface area contributed by atoms with Gasteiger partial charge >= 0.3 is 0 Å². The van der Waals surface area contributed by atoms with Crippen LogP contribution in [0.25, 0.3) is 11.5 Å². The van der Waals surface area contributed by atoms with E-state index in [1.165, 1.54) is 22.9 Å². The van der Waals surface area contributed by atoms with Crippen molar-refractivity contribution in [3.63, 3.8) is 0 Å². The van der Waals surface area contributed by atoms with Crippen molar-refractivity contribution in [1.82, 2.24) is 15.1 Å². The van der Waals surface area contributed by atoms with Crippen LogP contribution in [0.15, 0.2) is 58.2 Å². The second-order valence-electron chi connectivity index (χ2n) is 6.42. The molecule has 0 unspecified atom stereocenters. The number of aromatic nitrogens is 2. The molecule has 0 N–H and O–H groups in total. The fourth-order valence-corrected chi connectivity index (χ4v) is 4.00. The highest BCUT2D eigenvalue weighted by atomic mass is 35.5. The van der Waals surface area contributed by atoms with Gasteiger partial charge in [-0.15, -0.1) is 10.2 Å². The Labute approximate surface area is 166 Å². The van der Waals surface area contributed by atoms with Crippen molar-refractivity contribution in [2.45, 2.75) is 30.4 Å². The average Bonchev–Trinajstić information content (AvgIpc) is 3.16. The van der Waals surface area contributed by atoms with Crippen LogP contribution in [0.1, 0.15) is 18.1 Å². The summed E-state index contributed by atoms with van der Waals surface area (Å²) < 4.78 is 5.70. The van der Waals surface area contributed by atoms with Gasteiger partial charge in [0.25, 0.3) is 5.22 Å². The highest BCUT2D eigenvalue weighted by Crippen LogP contribution is 2.29. The van der Waals surface area contributed by atoms with Crippen molar-refractivity contribution in [2.24, 2.45) is 0 Å². The first kappa shape index (κ1) is 18.1. The number of halogens is 1. The van der Waals surface area contributed by atoms with E-state index < -0.39 is 0 Å². The fraction of sp³-hybridized carbons (Fsp3) is 0.250. The molecule has 27 heavy (non-hydrogen) atoms. The van der Waals surface area contributed by atoms with Crippen LogP contribution in [-0.2, 0) is 17.8 Å². The Morgan fingerprint density at radius 1 is 1.15 bits per heavy atom. The van der Waals surface area contributed by atoms with Crippen molar-refractivity contribution in [3.8, 4) is 11.5 Å². The number of carbonyl (C=O) groups is 1. The van der Waals surface area contributed by atoms with Crippen molar-refractivity contribution < 1.29 is 9.21 Å². The standard InChI is InChI=1S/C20H18ClN3O2S/c1-13(19(25)24-11-10-14-4-2-3-5-16(14)12-24)27-20-23-22-18(26-20)15-6-8-17(21)9-7-15/h2-9,13H,10-12H2,1H3/t13-/m1/s1. The van der Waals surface area contributed by atoms with Crippen molar-refractivity contribution in [1.29, 1.82) is 0 Å². The van der Waals surface area contributed by atoms with E-state index in [1.54, 1.807) is 12.1 Å². The topological polar surface area (TPSA) is 59.2 Å². The van der Waals surface area contributed by atoms with Gasteiger partial charge in [0.05, 0.1) is 5.25 Å². The summed E-state index contributed by atoms with van der Waals surface area (Å²) in [6, 6.07) is 15.5. The average molecular weight is 400 g/mol. The third-order valence-electron chi connectivity index (χ3n) is 4.57. The molecular weight excluding hydrogens is 382 g/mol. The lowest BCUT2D eigenvalue weighted by molar-refractivity contribution is -0.131. The van der Waals surface area contributed by atoms with Gasteiger partial charge in [-0.1, -0.05) is 47.6 Å². The zero-order valence-corrected chi connectivity index (χ0v) is 16.3. The number of thioether (sulfide) groups is 1. The van der Waals surface area contributed by atoms with E-state index in [0.29, 0.717) is 22.7 Å². The molecule has 138 valence electrons. The van der Waals surface area contributed by atoms with Crippen LogP contribution in [0, 0.1) is 0 Å². The number of fused-ring (bicyclic) bond motifs is 1. The molecule has 1 aromatic heterocycles. The maximum absolute atomic E-state index is 12.8. The Balaban J connectivity index is 1.41. The van der Waals surface area contributed by atoms with Crippen LogP contribution in [0.3, 0.4) is 0 Å². The van der Waals surface area contributed by atoms with E-state index in [9.17, 15) is 4.79 Å². The Kier molecular flexibility index (Phi) is 5.18. The summed E-state index contributed by atoms with van der Waals surface area (Å²) in [4.78, 5) is 14.7. The third kappa shape index (κ3) is 4.01. The van der Waals surface area contributed by atoms with Gasteiger partial charge in [-0.2, -0.15) is 0 Å². The van der Waals surface area contributed by atoms with Gasteiger partial charge in [-0.05, 0) is 48.7 Å². The largest absolute Gasteiger partial charge is 0.411 e. The molecule has 1 aliphatic rings. The first-order chi connectivity index (χ1) is 13.1. The minimum absolute atomic E-state index is 0.0840. The van der Waals surface area contributed by atoms with Gasteiger partial charge in [-0.25, -0.2) is 0 Å². The lowest BCUT2D eigenvalue weighted by atomic mass is 10.00. The third-order valence-corrected chi connectivity index (χ3v) is 5.74. The zero-order valence-electron chi connectivity index (χ0n) is 14.8. The predicted octanol–water partition coefficient (Wildman–Crippen LogP) is 4.46. The van der Waals surface area contributed by atoms with Crippen LogP contribution >= 0.6 is 23.4 Å². The van der Waals surface area contributed by atoms with Gasteiger partial charge in [0.1, 0.15) is 0 Å². The van der Waals surface area contributed by atoms with Crippen molar-refractivity contribution in [2.75, 3.05) is 6.54 Å². The first-order valence-electron chi connectivity index (χ1n) is 8.72. The lowest BCUT2D eigenvalue weighted by Gasteiger charge is -2.30. The number of hydrogen-bond donors (Lipinski definition) is 0. The molecule has 0 fully saturated rings. The quantitative estimate of drug-likeness (QED) is 0.606. The maximum Gasteiger partial charge on any atom is 0.277 e. The Morgan fingerprint density at radius 2 is 1.89 bits per heavy atom. The van der Waals surface area contributed by atoms with Crippen molar-refractivity contribution >= 4 is 29.3 Å². The second kappa shape index (κ2) is 7.74. The predicted molar refractivity (Wildman–Crippen MR) is 106 cm³/mol. The fourth-order valence-electron chi connectivity index (χ4n) is 3.11. The zero-order chi connectivity index (χ0) is 18.8. The van der Waals surface area contributed by atoms with E-state index in [1.807, 2.05) is 36.1 Å². The molecule has 1 aliphatic heterocycles. The molecule has 0 saturated heterocycles. The SMILES string of the molecule is C[C@@H](Sc1nnc(-c2ccc(Cl)cc2)o1)C(=O)N1CCc2ccccc2C1. The summed E-state index contributed by atoms with van der Waals surface area (Å²) in [5.74, 6) is 0.501. The lowest BCUT2D eigenvalue weighted by Crippen LogP contribution is -2.40. The monoisotopic (exact) mass is 399 g/mol. The van der Waals surface area contributed by atoms with Crippen LogP contribution in [0.2, 0.25) is 5.02 Å². The highest BCUT2D eigenvalue weighted by Gasteiger charge is 2.26. The highest BCUT2D eigenvalue weighted by molar-refractivity contribution is 8.00. The molecule has 7 heteroatoms.